The van der Waals surface area contributed by atoms with Crippen LogP contribution in [0.2, 0.25) is 0 Å². The van der Waals surface area contributed by atoms with Crippen LogP contribution in [0.1, 0.15) is 11.3 Å². The van der Waals surface area contributed by atoms with Gasteiger partial charge in [-0.05, 0) is 43.3 Å². The fourth-order valence-corrected chi connectivity index (χ4v) is 3.60. The Hall–Kier alpha value is -4.39. The summed E-state index contributed by atoms with van der Waals surface area (Å²) in [6.07, 6.45) is -3.12. The molecule has 2 heterocycles. The van der Waals surface area contributed by atoms with Crippen LogP contribution in [0.15, 0.2) is 70.4 Å². The van der Waals surface area contributed by atoms with Crippen LogP contribution in [0.3, 0.4) is 0 Å². The summed E-state index contributed by atoms with van der Waals surface area (Å²) in [6.45, 7) is 8.58. The highest BCUT2D eigenvalue weighted by Gasteiger charge is 2.31. The second-order valence-electron chi connectivity index (χ2n) is 7.25. The Bertz CT molecular complexity index is 1520. The number of aromatic nitrogens is 4. The van der Waals surface area contributed by atoms with Gasteiger partial charge in [0.25, 0.3) is 5.56 Å². The van der Waals surface area contributed by atoms with Crippen molar-refractivity contribution in [3.8, 4) is 22.6 Å². The molecule has 10 heteroatoms. The molecule has 166 valence electrons. The highest BCUT2D eigenvalue weighted by atomic mass is 19.4. The normalized spacial score (nSPS) is 11.4. The molecule has 0 saturated carbocycles. The van der Waals surface area contributed by atoms with E-state index in [0.717, 1.165) is 21.3 Å². The minimum atomic E-state index is -4.59. The summed E-state index contributed by atoms with van der Waals surface area (Å²) in [6, 6.07) is 12.4. The van der Waals surface area contributed by atoms with Gasteiger partial charge in [0.1, 0.15) is 0 Å². The van der Waals surface area contributed by atoms with Gasteiger partial charge in [0, 0.05) is 12.7 Å². The minimum absolute atomic E-state index is 0.0170. The lowest BCUT2D eigenvalue weighted by Gasteiger charge is -2.17. The maximum atomic E-state index is 13.3. The van der Waals surface area contributed by atoms with Crippen LogP contribution in [-0.4, -0.2) is 18.9 Å². The van der Waals surface area contributed by atoms with Crippen molar-refractivity contribution >= 4 is 5.69 Å². The molecule has 0 aliphatic carbocycles. The summed E-state index contributed by atoms with van der Waals surface area (Å²) in [5.41, 5.74) is -0.678. The van der Waals surface area contributed by atoms with Gasteiger partial charge in [0.2, 0.25) is 0 Å². The van der Waals surface area contributed by atoms with E-state index < -0.39 is 23.0 Å². The number of halogens is 3. The summed E-state index contributed by atoms with van der Waals surface area (Å²) in [4.78, 5) is 29.3. The third-order valence-corrected chi connectivity index (χ3v) is 5.25. The second-order valence-corrected chi connectivity index (χ2v) is 7.25. The fraction of sp³-hybridized carbons (Fsp3) is 0.130. The number of rotatable bonds is 3. The van der Waals surface area contributed by atoms with Crippen molar-refractivity contribution in [2.75, 3.05) is 0 Å². The van der Waals surface area contributed by atoms with E-state index in [1.165, 1.54) is 37.0 Å². The first-order valence-electron chi connectivity index (χ1n) is 9.66. The molecular weight excluding hydrogens is 435 g/mol. The Balaban J connectivity index is 1.98. The van der Waals surface area contributed by atoms with E-state index in [1.54, 1.807) is 30.3 Å². The zero-order chi connectivity index (χ0) is 23.9. The van der Waals surface area contributed by atoms with E-state index in [2.05, 4.69) is 9.94 Å². The quantitative estimate of drug-likeness (QED) is 0.437. The first-order valence-corrected chi connectivity index (χ1v) is 9.66. The Morgan fingerprint density at radius 1 is 1.00 bits per heavy atom. The lowest BCUT2D eigenvalue weighted by Crippen LogP contribution is -2.40. The monoisotopic (exact) mass is 451 g/mol. The molecule has 0 radical (unpaired) electrons. The number of hydrogen-bond donors (Lipinski definition) is 0. The van der Waals surface area contributed by atoms with Crippen molar-refractivity contribution in [2.24, 2.45) is 7.05 Å². The van der Waals surface area contributed by atoms with Gasteiger partial charge in [-0.2, -0.15) is 18.3 Å². The third-order valence-electron chi connectivity index (χ3n) is 5.25. The molecule has 0 N–H and O–H groups in total. The Kier molecular flexibility index (Phi) is 5.25. The van der Waals surface area contributed by atoms with Crippen molar-refractivity contribution in [3.05, 3.63) is 104 Å². The molecule has 0 aliphatic heterocycles. The van der Waals surface area contributed by atoms with Crippen LogP contribution in [-0.2, 0) is 13.2 Å². The lowest BCUT2D eigenvalue weighted by atomic mass is 10.1. The van der Waals surface area contributed by atoms with Gasteiger partial charge in [-0.15, -0.1) is 0 Å². The standard InChI is InChI=1S/C23H16F3N5O2/c1-14-20(19-11-12-28-31(19)17-9-7-16(27-2)8-10-17)21(32)29(3)22(33)30(14)18-6-4-5-15(13-18)23(24,25)26/h4-13H,1,3H3. The van der Waals surface area contributed by atoms with Gasteiger partial charge < -0.3 is 0 Å². The Morgan fingerprint density at radius 2 is 1.70 bits per heavy atom. The van der Waals surface area contributed by atoms with E-state index in [-0.39, 0.29) is 16.9 Å². The van der Waals surface area contributed by atoms with Gasteiger partial charge in [-0.3, -0.25) is 13.9 Å². The Labute approximate surface area is 185 Å². The summed E-state index contributed by atoms with van der Waals surface area (Å²) in [7, 11) is 1.27. The van der Waals surface area contributed by atoms with E-state index in [0.29, 0.717) is 17.1 Å². The van der Waals surface area contributed by atoms with Crippen LogP contribution in [0.5, 0.6) is 0 Å². The van der Waals surface area contributed by atoms with Crippen molar-refractivity contribution in [2.45, 2.75) is 13.1 Å². The first-order chi connectivity index (χ1) is 15.6. The average molecular weight is 451 g/mol. The highest BCUT2D eigenvalue weighted by molar-refractivity contribution is 5.65. The number of alkyl halides is 3. The summed E-state index contributed by atoms with van der Waals surface area (Å²) < 4.78 is 43.2. The van der Waals surface area contributed by atoms with Crippen LogP contribution >= 0.6 is 0 Å². The third kappa shape index (κ3) is 3.74. The molecule has 0 atom stereocenters. The molecule has 0 amide bonds. The second kappa shape index (κ2) is 7.94. The minimum Gasteiger partial charge on any atom is -0.268 e. The molecule has 0 fully saturated rings. The predicted octanol–water partition coefficient (Wildman–Crippen LogP) is 4.27. The maximum absolute atomic E-state index is 13.3. The number of hydrogen-bond acceptors (Lipinski definition) is 3. The lowest BCUT2D eigenvalue weighted by molar-refractivity contribution is -0.137. The number of nitrogens with zero attached hydrogens (tertiary/aromatic N) is 5. The Morgan fingerprint density at radius 3 is 2.33 bits per heavy atom. The van der Waals surface area contributed by atoms with Crippen LogP contribution in [0.25, 0.3) is 27.5 Å². The van der Waals surface area contributed by atoms with E-state index in [4.69, 9.17) is 6.57 Å². The maximum Gasteiger partial charge on any atom is 0.416 e. The molecule has 4 aromatic rings. The fourth-order valence-electron chi connectivity index (χ4n) is 3.60. The highest BCUT2D eigenvalue weighted by Crippen LogP contribution is 2.31. The van der Waals surface area contributed by atoms with Crippen molar-refractivity contribution in [1.29, 1.82) is 0 Å². The molecule has 2 aromatic heterocycles. The van der Waals surface area contributed by atoms with Crippen molar-refractivity contribution in [3.63, 3.8) is 0 Å². The molecular formula is C23H16F3N5O2. The average Bonchev–Trinajstić information content (AvgIpc) is 3.27. The molecule has 33 heavy (non-hydrogen) atoms. The van der Waals surface area contributed by atoms with E-state index >= 15 is 0 Å². The van der Waals surface area contributed by atoms with Gasteiger partial charge in [0.15, 0.2) is 5.69 Å². The van der Waals surface area contributed by atoms with Gasteiger partial charge in [-0.1, -0.05) is 18.2 Å². The molecule has 0 saturated heterocycles. The SMILES string of the molecule is [C-]#[N+]c1ccc(-n2nccc2-c2c(C)n(-c3cccc(C(F)(F)F)c3)c(=O)n(C)c2=O)cc1. The molecule has 0 bridgehead atoms. The topological polar surface area (TPSA) is 66.2 Å². The van der Waals surface area contributed by atoms with Gasteiger partial charge in [0.05, 0.1) is 41.0 Å². The molecule has 4 rings (SSSR count). The predicted molar refractivity (Wildman–Crippen MR) is 116 cm³/mol. The van der Waals surface area contributed by atoms with Gasteiger partial charge in [-0.25, -0.2) is 14.3 Å². The van der Waals surface area contributed by atoms with E-state index in [9.17, 15) is 22.8 Å². The van der Waals surface area contributed by atoms with Crippen molar-refractivity contribution in [1.82, 2.24) is 18.9 Å². The first kappa shape index (κ1) is 21.8. The molecule has 0 spiro atoms. The largest absolute Gasteiger partial charge is 0.416 e. The molecule has 0 aliphatic rings. The smallest absolute Gasteiger partial charge is 0.268 e. The zero-order valence-electron chi connectivity index (χ0n) is 17.5. The molecule has 0 unspecified atom stereocenters. The molecule has 7 nitrogen and oxygen atoms in total. The summed E-state index contributed by atoms with van der Waals surface area (Å²) in [5, 5.41) is 4.26. The summed E-state index contributed by atoms with van der Waals surface area (Å²) >= 11 is 0. The molecule has 2 aromatic carbocycles. The number of benzene rings is 2. The van der Waals surface area contributed by atoms with Gasteiger partial charge >= 0.3 is 11.9 Å². The zero-order valence-corrected chi connectivity index (χ0v) is 17.5. The van der Waals surface area contributed by atoms with E-state index in [1.807, 2.05) is 0 Å². The van der Waals surface area contributed by atoms with Crippen molar-refractivity contribution < 1.29 is 13.2 Å². The van der Waals surface area contributed by atoms with Crippen LogP contribution < -0.4 is 11.2 Å². The summed E-state index contributed by atoms with van der Waals surface area (Å²) in [5.74, 6) is 0. The van der Waals surface area contributed by atoms with Crippen LogP contribution in [0, 0.1) is 13.5 Å². The van der Waals surface area contributed by atoms with Crippen LogP contribution in [0.4, 0.5) is 18.9 Å².